The van der Waals surface area contributed by atoms with E-state index in [1.165, 1.54) is 12.7 Å². The number of hydrogen-bond donors (Lipinski definition) is 0. The minimum atomic E-state index is -0.407. The van der Waals surface area contributed by atoms with Gasteiger partial charge < -0.3 is 14.2 Å². The van der Waals surface area contributed by atoms with Gasteiger partial charge in [-0.3, -0.25) is 0 Å². The smallest absolute Gasteiger partial charge is 0.343 e. The fourth-order valence-corrected chi connectivity index (χ4v) is 2.53. The normalized spacial score (nSPS) is 11.0. The summed E-state index contributed by atoms with van der Waals surface area (Å²) in [6.45, 7) is 2.29. The van der Waals surface area contributed by atoms with Gasteiger partial charge in [0, 0.05) is 3.58 Å². The first-order valence-corrected chi connectivity index (χ1v) is 8.52. The number of benzene rings is 2. The average Bonchev–Trinajstić information content (AvgIpc) is 2.61. The maximum absolute atomic E-state index is 11.1. The first-order chi connectivity index (χ1) is 11.6. The Hall–Kier alpha value is -2.02. The van der Waals surface area contributed by atoms with E-state index in [4.69, 9.17) is 9.47 Å². The summed E-state index contributed by atoms with van der Waals surface area (Å²) in [5.74, 6) is 0.990. The van der Waals surface area contributed by atoms with Gasteiger partial charge in [0.1, 0.15) is 18.1 Å². The zero-order chi connectivity index (χ0) is 17.4. The maximum atomic E-state index is 11.1. The summed E-state index contributed by atoms with van der Waals surface area (Å²) in [5.41, 5.74) is 2.07. The van der Waals surface area contributed by atoms with Crippen molar-refractivity contribution in [3.8, 4) is 11.5 Å². The van der Waals surface area contributed by atoms with Crippen LogP contribution in [0.25, 0.3) is 3.58 Å². The first kappa shape index (κ1) is 18.3. The fourth-order valence-electron chi connectivity index (χ4n) is 2.00. The summed E-state index contributed by atoms with van der Waals surface area (Å²) >= 11 is 2.30. The van der Waals surface area contributed by atoms with Gasteiger partial charge in [0.2, 0.25) is 0 Å². The molecule has 24 heavy (non-hydrogen) atoms. The number of rotatable bonds is 7. The largest absolute Gasteiger partial charge is 0.489 e. The van der Waals surface area contributed by atoms with Crippen molar-refractivity contribution >= 4 is 32.1 Å². The maximum Gasteiger partial charge on any atom is 0.343 e. The van der Waals surface area contributed by atoms with E-state index in [0.29, 0.717) is 12.4 Å². The third-order valence-electron chi connectivity index (χ3n) is 3.28. The molecule has 5 heteroatoms. The van der Waals surface area contributed by atoms with Gasteiger partial charge in [-0.05, 0) is 64.9 Å². The molecule has 0 amide bonds. The quantitative estimate of drug-likeness (QED) is 0.475. The molecule has 2 rings (SSSR count). The van der Waals surface area contributed by atoms with Crippen molar-refractivity contribution in [2.75, 3.05) is 20.3 Å². The zero-order valence-electron chi connectivity index (χ0n) is 13.6. The van der Waals surface area contributed by atoms with Crippen molar-refractivity contribution in [3.05, 3.63) is 65.7 Å². The van der Waals surface area contributed by atoms with Crippen LogP contribution in [0.5, 0.6) is 11.5 Å². The number of ether oxygens (including phenoxy) is 3. The lowest BCUT2D eigenvalue weighted by molar-refractivity contribution is -0.142. The Morgan fingerprint density at radius 1 is 1.12 bits per heavy atom. The van der Waals surface area contributed by atoms with Gasteiger partial charge in [-0.2, -0.15) is 0 Å². The predicted octanol–water partition coefficient (Wildman–Crippen LogP) is 4.40. The van der Waals surface area contributed by atoms with E-state index in [1.54, 1.807) is 6.07 Å². The van der Waals surface area contributed by atoms with Crippen LogP contribution >= 0.6 is 22.6 Å². The van der Waals surface area contributed by atoms with Crippen LogP contribution in [-0.2, 0) is 9.53 Å². The van der Waals surface area contributed by atoms with Crippen molar-refractivity contribution in [1.29, 1.82) is 0 Å². The summed E-state index contributed by atoms with van der Waals surface area (Å²) in [4.78, 5) is 11.1. The fraction of sp³-hybridized carbons (Fsp3) is 0.211. The molecule has 0 aromatic heterocycles. The predicted molar refractivity (Wildman–Crippen MR) is 103 cm³/mol. The lowest BCUT2D eigenvalue weighted by atomic mass is 10.2. The number of methoxy groups -OCH3 is 1. The molecule has 4 nitrogen and oxygen atoms in total. The second-order valence-corrected chi connectivity index (χ2v) is 6.18. The third kappa shape index (κ3) is 5.56. The highest BCUT2D eigenvalue weighted by Gasteiger charge is 2.06. The van der Waals surface area contributed by atoms with E-state index >= 15 is 0 Å². The SMILES string of the molecule is COC(=O)COc1ccc(OCC=C(I)c2ccccc2)cc1C. The highest BCUT2D eigenvalue weighted by molar-refractivity contribution is 14.1. The summed E-state index contributed by atoms with van der Waals surface area (Å²) in [6.07, 6.45) is 2.03. The van der Waals surface area contributed by atoms with E-state index in [0.717, 1.165) is 14.9 Å². The monoisotopic (exact) mass is 438 g/mol. The van der Waals surface area contributed by atoms with Crippen LogP contribution in [0, 0.1) is 6.92 Å². The van der Waals surface area contributed by atoms with Gasteiger partial charge >= 0.3 is 5.97 Å². The van der Waals surface area contributed by atoms with Gasteiger partial charge in [0.25, 0.3) is 0 Å². The molecule has 0 radical (unpaired) electrons. The van der Waals surface area contributed by atoms with Gasteiger partial charge in [-0.15, -0.1) is 0 Å². The Kier molecular flexibility index (Phi) is 7.11. The molecule has 0 saturated heterocycles. The molecule has 0 bridgehead atoms. The van der Waals surface area contributed by atoms with Crippen LogP contribution in [0.1, 0.15) is 11.1 Å². The molecule has 0 spiro atoms. The van der Waals surface area contributed by atoms with Gasteiger partial charge in [0.15, 0.2) is 6.61 Å². The van der Waals surface area contributed by atoms with Crippen LogP contribution in [0.3, 0.4) is 0 Å². The number of hydrogen-bond acceptors (Lipinski definition) is 4. The van der Waals surface area contributed by atoms with Crippen LogP contribution in [-0.4, -0.2) is 26.3 Å². The molecular formula is C19H19IO4. The summed E-state index contributed by atoms with van der Waals surface area (Å²) < 4.78 is 16.8. The molecule has 0 atom stereocenters. The van der Waals surface area contributed by atoms with E-state index in [2.05, 4.69) is 39.5 Å². The molecule has 0 heterocycles. The molecule has 2 aromatic carbocycles. The summed E-state index contributed by atoms with van der Waals surface area (Å²) in [5, 5.41) is 0. The minimum Gasteiger partial charge on any atom is -0.489 e. The van der Waals surface area contributed by atoms with Gasteiger partial charge in [-0.25, -0.2) is 4.79 Å². The van der Waals surface area contributed by atoms with Gasteiger partial charge in [-0.1, -0.05) is 30.3 Å². The Balaban J connectivity index is 1.91. The molecule has 0 unspecified atom stereocenters. The Labute approximate surface area is 155 Å². The molecule has 126 valence electrons. The van der Waals surface area contributed by atoms with Crippen LogP contribution in [0.15, 0.2) is 54.6 Å². The topological polar surface area (TPSA) is 44.8 Å². The van der Waals surface area contributed by atoms with Crippen molar-refractivity contribution in [3.63, 3.8) is 0 Å². The van der Waals surface area contributed by atoms with Crippen LogP contribution in [0.4, 0.5) is 0 Å². The van der Waals surface area contributed by atoms with E-state index in [9.17, 15) is 4.79 Å². The molecule has 0 saturated carbocycles. The second kappa shape index (κ2) is 9.32. The van der Waals surface area contributed by atoms with E-state index in [1.807, 2.05) is 43.3 Å². The molecule has 2 aromatic rings. The molecule has 0 N–H and O–H groups in total. The summed E-state index contributed by atoms with van der Waals surface area (Å²) in [6, 6.07) is 15.7. The van der Waals surface area contributed by atoms with Crippen molar-refractivity contribution < 1.29 is 19.0 Å². The summed E-state index contributed by atoms with van der Waals surface area (Å²) in [7, 11) is 1.33. The highest BCUT2D eigenvalue weighted by Crippen LogP contribution is 2.24. The molecular weight excluding hydrogens is 419 g/mol. The lowest BCUT2D eigenvalue weighted by Crippen LogP contribution is -2.13. The molecule has 0 fully saturated rings. The van der Waals surface area contributed by atoms with Crippen molar-refractivity contribution in [2.24, 2.45) is 0 Å². The highest BCUT2D eigenvalue weighted by atomic mass is 127. The van der Waals surface area contributed by atoms with Crippen LogP contribution < -0.4 is 9.47 Å². The van der Waals surface area contributed by atoms with E-state index < -0.39 is 5.97 Å². The average molecular weight is 438 g/mol. The standard InChI is InChI=1S/C19H19IO4/c1-14-12-16(8-9-18(14)24-13-19(21)22-2)23-11-10-17(20)15-6-4-3-5-7-15/h3-10,12H,11,13H2,1-2H3. The first-order valence-electron chi connectivity index (χ1n) is 7.44. The Morgan fingerprint density at radius 2 is 1.88 bits per heavy atom. The molecule has 0 aliphatic heterocycles. The second-order valence-electron chi connectivity index (χ2n) is 5.02. The number of carbonyl (C=O) groups excluding carboxylic acids is 1. The lowest BCUT2D eigenvalue weighted by Gasteiger charge is -2.10. The number of esters is 1. The van der Waals surface area contributed by atoms with Gasteiger partial charge in [0.05, 0.1) is 7.11 Å². The third-order valence-corrected chi connectivity index (χ3v) is 4.34. The van der Waals surface area contributed by atoms with Crippen LogP contribution in [0.2, 0.25) is 0 Å². The van der Waals surface area contributed by atoms with Crippen molar-refractivity contribution in [1.82, 2.24) is 0 Å². The number of halogens is 1. The Bertz CT molecular complexity index is 711. The Morgan fingerprint density at radius 3 is 2.54 bits per heavy atom. The number of carbonyl (C=O) groups is 1. The minimum absolute atomic E-state index is 0.102. The molecule has 0 aliphatic carbocycles. The van der Waals surface area contributed by atoms with E-state index in [-0.39, 0.29) is 6.61 Å². The van der Waals surface area contributed by atoms with Crippen molar-refractivity contribution in [2.45, 2.75) is 6.92 Å². The number of aryl methyl sites for hydroxylation is 1. The molecule has 0 aliphatic rings. The zero-order valence-corrected chi connectivity index (χ0v) is 15.8.